The Morgan fingerprint density at radius 3 is 2.29 bits per heavy atom. The second-order valence-corrected chi connectivity index (χ2v) is 8.45. The zero-order valence-electron chi connectivity index (χ0n) is 18.7. The first-order valence-corrected chi connectivity index (χ1v) is 11.0. The third-order valence-corrected chi connectivity index (χ3v) is 5.79. The van der Waals surface area contributed by atoms with Crippen molar-refractivity contribution in [2.75, 3.05) is 6.54 Å². The fraction of sp³-hybridized carbons (Fsp3) is 0.458. The molecule has 1 saturated heterocycles. The molecule has 0 aliphatic carbocycles. The minimum Gasteiger partial charge on any atom is -0.508 e. The maximum Gasteiger partial charge on any atom is 0.335 e. The molecule has 7 N–H and O–H groups in total. The average molecular weight is 478 g/mol. The Hall–Kier alpha value is -2.73. The Bertz CT molecular complexity index is 921. The Kier molecular flexibility index (Phi) is 8.84. The number of aliphatic hydroxyl groups is 4. The largest absolute Gasteiger partial charge is 0.508 e. The van der Waals surface area contributed by atoms with Crippen LogP contribution < -0.4 is 10.1 Å². The number of hydrogen-bond acceptors (Lipinski definition) is 9. The summed E-state index contributed by atoms with van der Waals surface area (Å²) < 4.78 is 10.6. The molecule has 10 heteroatoms. The Morgan fingerprint density at radius 2 is 1.68 bits per heavy atom. The molecule has 0 aromatic heterocycles. The van der Waals surface area contributed by atoms with E-state index in [1.54, 1.807) is 24.3 Å². The van der Waals surface area contributed by atoms with Gasteiger partial charge in [0, 0.05) is 12.6 Å². The number of phenolic OH excluding ortho intramolecular Hbond substituents is 1. The number of aliphatic carboxylic acids is 1. The molecule has 2 aromatic carbocycles. The van der Waals surface area contributed by atoms with Gasteiger partial charge in [-0.3, -0.25) is 0 Å². The molecule has 10 nitrogen and oxygen atoms in total. The summed E-state index contributed by atoms with van der Waals surface area (Å²) in [5, 5.41) is 61.7. The number of aromatic hydroxyl groups is 1. The lowest BCUT2D eigenvalue weighted by atomic mass is 9.99. The van der Waals surface area contributed by atoms with E-state index in [2.05, 4.69) is 5.32 Å². The number of rotatable bonds is 10. The van der Waals surface area contributed by atoms with Crippen LogP contribution in [0, 0.1) is 0 Å². The van der Waals surface area contributed by atoms with Crippen LogP contribution in [0.4, 0.5) is 0 Å². The molecule has 34 heavy (non-hydrogen) atoms. The molecule has 1 aliphatic heterocycles. The highest BCUT2D eigenvalue weighted by atomic mass is 16.7. The first-order chi connectivity index (χ1) is 16.2. The van der Waals surface area contributed by atoms with Crippen LogP contribution >= 0.6 is 0 Å². The number of carboxylic acids is 1. The lowest BCUT2D eigenvalue weighted by molar-refractivity contribution is -0.271. The third kappa shape index (κ3) is 6.66. The van der Waals surface area contributed by atoms with Crippen molar-refractivity contribution in [2.45, 2.75) is 62.6 Å². The summed E-state index contributed by atoms with van der Waals surface area (Å²) in [6, 6.07) is 13.5. The Morgan fingerprint density at radius 1 is 1.03 bits per heavy atom. The van der Waals surface area contributed by atoms with Crippen LogP contribution in [0.2, 0.25) is 0 Å². The van der Waals surface area contributed by atoms with Crippen LogP contribution in [-0.4, -0.2) is 79.9 Å². The van der Waals surface area contributed by atoms with E-state index < -0.39 is 42.8 Å². The van der Waals surface area contributed by atoms with Crippen molar-refractivity contribution in [1.82, 2.24) is 5.32 Å². The maximum absolute atomic E-state index is 11.2. The van der Waals surface area contributed by atoms with E-state index in [0.29, 0.717) is 12.3 Å². The lowest BCUT2D eigenvalue weighted by Gasteiger charge is -2.38. The van der Waals surface area contributed by atoms with Crippen molar-refractivity contribution >= 4 is 5.97 Å². The molecule has 1 fully saturated rings. The second-order valence-electron chi connectivity index (χ2n) is 8.45. The topological polar surface area (TPSA) is 169 Å². The van der Waals surface area contributed by atoms with E-state index in [0.717, 1.165) is 24.0 Å². The van der Waals surface area contributed by atoms with Crippen LogP contribution in [0.15, 0.2) is 48.5 Å². The second kappa shape index (κ2) is 11.6. The minimum absolute atomic E-state index is 0.134. The summed E-state index contributed by atoms with van der Waals surface area (Å²) in [6.07, 6.45) is -7.41. The van der Waals surface area contributed by atoms with E-state index >= 15 is 0 Å². The van der Waals surface area contributed by atoms with Crippen LogP contribution in [0.5, 0.6) is 11.5 Å². The van der Waals surface area contributed by atoms with E-state index in [1.807, 2.05) is 19.1 Å². The Balaban J connectivity index is 1.46. The number of hydrogen-bond donors (Lipinski definition) is 7. The highest BCUT2D eigenvalue weighted by Gasteiger charge is 2.48. The van der Waals surface area contributed by atoms with Gasteiger partial charge in [-0.25, -0.2) is 4.79 Å². The molecular weight excluding hydrogens is 446 g/mol. The van der Waals surface area contributed by atoms with Crippen molar-refractivity contribution < 1.29 is 44.9 Å². The zero-order chi connectivity index (χ0) is 24.8. The smallest absolute Gasteiger partial charge is 0.335 e. The van der Waals surface area contributed by atoms with Gasteiger partial charge < -0.3 is 45.4 Å². The monoisotopic (exact) mass is 477 g/mol. The number of aryl methyl sites for hydroxylation is 1. The van der Waals surface area contributed by atoms with E-state index in [1.165, 1.54) is 12.1 Å². The minimum atomic E-state index is -1.77. The van der Waals surface area contributed by atoms with Crippen molar-refractivity contribution in [2.24, 2.45) is 0 Å². The zero-order valence-corrected chi connectivity index (χ0v) is 18.7. The normalized spacial score (nSPS) is 26.6. The van der Waals surface area contributed by atoms with Crippen molar-refractivity contribution in [1.29, 1.82) is 0 Å². The lowest BCUT2D eigenvalue weighted by Crippen LogP contribution is -2.61. The molecule has 0 bridgehead atoms. The SMILES string of the molecule is C[C@@H](CCc1ccc(O[C@@H]2O[C@H](C(=O)O)[C@@H](O)[C@H](O)[C@H]2O)cc1)NC[C@H](O)c1ccc(O)cc1. The molecule has 1 heterocycles. The summed E-state index contributed by atoms with van der Waals surface area (Å²) >= 11 is 0. The van der Waals surface area contributed by atoms with Crippen LogP contribution in [0.25, 0.3) is 0 Å². The van der Waals surface area contributed by atoms with Gasteiger partial charge in [-0.2, -0.15) is 0 Å². The van der Waals surface area contributed by atoms with Gasteiger partial charge in [0.1, 0.15) is 29.8 Å². The van der Waals surface area contributed by atoms with E-state index in [9.17, 15) is 30.3 Å². The summed E-state index contributed by atoms with van der Waals surface area (Å²) in [5.41, 5.74) is 1.74. The van der Waals surface area contributed by atoms with Crippen LogP contribution in [0.1, 0.15) is 30.6 Å². The molecule has 0 unspecified atom stereocenters. The summed E-state index contributed by atoms with van der Waals surface area (Å²) in [4.78, 5) is 11.2. The number of aliphatic hydroxyl groups excluding tert-OH is 4. The predicted molar refractivity (Wildman–Crippen MR) is 120 cm³/mol. The molecule has 0 amide bonds. The molecule has 1 aliphatic rings. The van der Waals surface area contributed by atoms with Gasteiger partial charge in [0.15, 0.2) is 6.10 Å². The van der Waals surface area contributed by atoms with Crippen LogP contribution in [0.3, 0.4) is 0 Å². The molecule has 186 valence electrons. The van der Waals surface area contributed by atoms with Gasteiger partial charge in [0.25, 0.3) is 0 Å². The summed E-state index contributed by atoms with van der Waals surface area (Å²) in [6.45, 7) is 2.39. The summed E-state index contributed by atoms with van der Waals surface area (Å²) in [7, 11) is 0. The first-order valence-electron chi connectivity index (χ1n) is 11.0. The van der Waals surface area contributed by atoms with Gasteiger partial charge in [-0.15, -0.1) is 0 Å². The molecule has 0 spiro atoms. The number of carbonyl (C=O) groups is 1. The number of nitrogens with one attached hydrogen (secondary N) is 1. The molecular formula is C24H31NO9. The molecule has 7 atom stereocenters. The quantitative estimate of drug-likeness (QED) is 0.253. The molecule has 3 rings (SSSR count). The predicted octanol–water partition coefficient (Wildman–Crippen LogP) is 0.307. The van der Waals surface area contributed by atoms with Crippen molar-refractivity contribution in [3.63, 3.8) is 0 Å². The molecule has 0 radical (unpaired) electrons. The first kappa shape index (κ1) is 25.9. The third-order valence-electron chi connectivity index (χ3n) is 5.79. The van der Waals surface area contributed by atoms with Crippen molar-refractivity contribution in [3.05, 3.63) is 59.7 Å². The van der Waals surface area contributed by atoms with Gasteiger partial charge >= 0.3 is 5.97 Å². The van der Waals surface area contributed by atoms with Crippen LogP contribution in [-0.2, 0) is 16.0 Å². The van der Waals surface area contributed by atoms with Gasteiger partial charge in [0.05, 0.1) is 6.10 Å². The number of benzene rings is 2. The molecule has 2 aromatic rings. The number of ether oxygens (including phenoxy) is 2. The standard InChI is InChI=1S/C24H31NO9/c1-13(25-12-18(27)15-6-8-16(26)9-7-15)2-3-14-4-10-17(11-5-14)33-24-21(30)19(28)20(29)22(34-24)23(31)32/h4-11,13,18-22,24-30H,2-3,12H2,1H3,(H,31,32)/t13-,18-,19-,20-,21+,22-,24+/m0/s1. The average Bonchev–Trinajstić information content (AvgIpc) is 2.82. The molecule has 0 saturated carbocycles. The number of carboxylic acid groups (broad SMARTS) is 1. The van der Waals surface area contributed by atoms with Gasteiger partial charge in [0.2, 0.25) is 6.29 Å². The van der Waals surface area contributed by atoms with Gasteiger partial charge in [-0.05, 0) is 55.2 Å². The van der Waals surface area contributed by atoms with Crippen molar-refractivity contribution in [3.8, 4) is 11.5 Å². The van der Waals surface area contributed by atoms with E-state index in [4.69, 9.17) is 14.6 Å². The fourth-order valence-electron chi connectivity index (χ4n) is 3.63. The highest BCUT2D eigenvalue weighted by molar-refractivity contribution is 5.73. The summed E-state index contributed by atoms with van der Waals surface area (Å²) in [5.74, 6) is -1.01. The fourth-order valence-corrected chi connectivity index (χ4v) is 3.63. The number of phenols is 1. The Labute approximate surface area is 197 Å². The van der Waals surface area contributed by atoms with E-state index in [-0.39, 0.29) is 11.8 Å². The maximum atomic E-state index is 11.2. The van der Waals surface area contributed by atoms with Gasteiger partial charge in [-0.1, -0.05) is 24.3 Å². The highest BCUT2D eigenvalue weighted by Crippen LogP contribution is 2.25.